The average molecular weight is 248 g/mol. The van der Waals surface area contributed by atoms with Crippen molar-refractivity contribution in [3.63, 3.8) is 0 Å². The Bertz CT molecular complexity index is 386. The molecule has 18 heavy (non-hydrogen) atoms. The fourth-order valence-corrected chi connectivity index (χ4v) is 2.14. The van der Waals surface area contributed by atoms with Crippen molar-refractivity contribution in [2.45, 2.75) is 25.4 Å². The third-order valence-corrected chi connectivity index (χ3v) is 3.14. The quantitative estimate of drug-likeness (QED) is 0.835. The highest BCUT2D eigenvalue weighted by atomic mass is 16.5. The molecule has 2 N–H and O–H groups in total. The van der Waals surface area contributed by atoms with E-state index < -0.39 is 0 Å². The van der Waals surface area contributed by atoms with E-state index in [2.05, 4.69) is 17.6 Å². The Morgan fingerprint density at radius 1 is 1.39 bits per heavy atom. The molecule has 1 aliphatic rings. The molecule has 1 aromatic carbocycles. The molecule has 1 amide bonds. The van der Waals surface area contributed by atoms with Crippen LogP contribution in [-0.2, 0) is 9.53 Å². The van der Waals surface area contributed by atoms with Crippen LogP contribution in [0.25, 0.3) is 0 Å². The minimum Gasteiger partial charge on any atom is -0.374 e. The summed E-state index contributed by atoms with van der Waals surface area (Å²) in [4.78, 5) is 11.7. The van der Waals surface area contributed by atoms with Crippen LogP contribution < -0.4 is 10.6 Å². The first-order valence-corrected chi connectivity index (χ1v) is 6.38. The maximum absolute atomic E-state index is 11.7. The summed E-state index contributed by atoms with van der Waals surface area (Å²) in [5, 5.41) is 5.99. The van der Waals surface area contributed by atoms with E-state index in [1.807, 2.05) is 30.3 Å². The van der Waals surface area contributed by atoms with Crippen LogP contribution in [0.5, 0.6) is 0 Å². The Kier molecular flexibility index (Phi) is 4.33. The summed E-state index contributed by atoms with van der Waals surface area (Å²) in [7, 11) is 0. The Morgan fingerprint density at radius 2 is 2.17 bits per heavy atom. The normalized spacial score (nSPS) is 22.9. The van der Waals surface area contributed by atoms with Crippen LogP contribution in [0.3, 0.4) is 0 Å². The monoisotopic (exact) mass is 248 g/mol. The van der Waals surface area contributed by atoms with Crippen LogP contribution in [0.4, 0.5) is 5.69 Å². The SMILES string of the molecule is CC1(CNCC(=O)Nc2ccccc2)CCCO1. The van der Waals surface area contributed by atoms with Gasteiger partial charge in [-0.15, -0.1) is 0 Å². The van der Waals surface area contributed by atoms with E-state index in [-0.39, 0.29) is 11.5 Å². The lowest BCUT2D eigenvalue weighted by Crippen LogP contribution is -2.40. The predicted octanol–water partition coefficient (Wildman–Crippen LogP) is 1.78. The molecular formula is C14H20N2O2. The van der Waals surface area contributed by atoms with Gasteiger partial charge in [0.25, 0.3) is 0 Å². The molecule has 1 unspecified atom stereocenters. The minimum absolute atomic E-state index is 0.0252. The molecule has 1 heterocycles. The highest BCUT2D eigenvalue weighted by Gasteiger charge is 2.29. The summed E-state index contributed by atoms with van der Waals surface area (Å²) in [6, 6.07) is 9.47. The fraction of sp³-hybridized carbons (Fsp3) is 0.500. The van der Waals surface area contributed by atoms with Gasteiger partial charge in [-0.05, 0) is 31.9 Å². The van der Waals surface area contributed by atoms with Crippen molar-refractivity contribution in [2.75, 3.05) is 25.0 Å². The van der Waals surface area contributed by atoms with E-state index in [4.69, 9.17) is 4.74 Å². The zero-order chi connectivity index (χ0) is 12.8. The highest BCUT2D eigenvalue weighted by Crippen LogP contribution is 2.23. The zero-order valence-electron chi connectivity index (χ0n) is 10.7. The molecule has 0 radical (unpaired) electrons. The van der Waals surface area contributed by atoms with E-state index in [1.165, 1.54) is 0 Å². The summed E-state index contributed by atoms with van der Waals surface area (Å²) in [5.41, 5.74) is 0.722. The Labute approximate surface area is 108 Å². The van der Waals surface area contributed by atoms with E-state index in [0.29, 0.717) is 6.54 Å². The number of carbonyl (C=O) groups excluding carboxylic acids is 1. The average Bonchev–Trinajstić information content (AvgIpc) is 2.77. The molecule has 0 aliphatic carbocycles. The second-order valence-corrected chi connectivity index (χ2v) is 4.92. The number of anilines is 1. The van der Waals surface area contributed by atoms with Crippen molar-refractivity contribution in [2.24, 2.45) is 0 Å². The number of hydrogen-bond donors (Lipinski definition) is 2. The summed E-state index contributed by atoms with van der Waals surface area (Å²) >= 11 is 0. The van der Waals surface area contributed by atoms with Gasteiger partial charge in [0.05, 0.1) is 12.1 Å². The predicted molar refractivity (Wildman–Crippen MR) is 71.5 cm³/mol. The number of hydrogen-bond acceptors (Lipinski definition) is 3. The highest BCUT2D eigenvalue weighted by molar-refractivity contribution is 5.92. The molecule has 4 heteroatoms. The Morgan fingerprint density at radius 3 is 2.83 bits per heavy atom. The first kappa shape index (κ1) is 13.1. The maximum atomic E-state index is 11.7. The van der Waals surface area contributed by atoms with Crippen LogP contribution in [-0.4, -0.2) is 31.2 Å². The molecule has 0 spiro atoms. The molecule has 2 rings (SSSR count). The van der Waals surface area contributed by atoms with Gasteiger partial charge in [-0.2, -0.15) is 0 Å². The Balaban J connectivity index is 1.69. The third kappa shape index (κ3) is 3.82. The van der Waals surface area contributed by atoms with E-state index >= 15 is 0 Å². The number of ether oxygens (including phenoxy) is 1. The molecular weight excluding hydrogens is 228 g/mol. The van der Waals surface area contributed by atoms with Crippen molar-refractivity contribution in [1.82, 2.24) is 5.32 Å². The lowest BCUT2D eigenvalue weighted by Gasteiger charge is -2.23. The van der Waals surface area contributed by atoms with E-state index in [1.54, 1.807) is 0 Å². The number of rotatable bonds is 5. The van der Waals surface area contributed by atoms with Gasteiger partial charge >= 0.3 is 0 Å². The second kappa shape index (κ2) is 5.98. The molecule has 0 saturated carbocycles. The molecule has 0 aromatic heterocycles. The van der Waals surface area contributed by atoms with Crippen LogP contribution >= 0.6 is 0 Å². The smallest absolute Gasteiger partial charge is 0.238 e. The van der Waals surface area contributed by atoms with Gasteiger partial charge in [0.1, 0.15) is 0 Å². The van der Waals surface area contributed by atoms with Crippen LogP contribution in [0.1, 0.15) is 19.8 Å². The number of para-hydroxylation sites is 1. The van der Waals surface area contributed by atoms with Crippen molar-refractivity contribution >= 4 is 11.6 Å². The van der Waals surface area contributed by atoms with Crippen LogP contribution in [0.2, 0.25) is 0 Å². The Hall–Kier alpha value is -1.39. The summed E-state index contributed by atoms with van der Waals surface area (Å²) in [5.74, 6) is -0.0252. The number of nitrogens with one attached hydrogen (secondary N) is 2. The topological polar surface area (TPSA) is 50.4 Å². The second-order valence-electron chi connectivity index (χ2n) is 4.92. The molecule has 1 aromatic rings. The first-order chi connectivity index (χ1) is 8.68. The molecule has 1 saturated heterocycles. The molecule has 98 valence electrons. The van der Waals surface area contributed by atoms with Gasteiger partial charge in [0.15, 0.2) is 0 Å². The molecule has 1 atom stereocenters. The van der Waals surface area contributed by atoms with E-state index in [0.717, 1.165) is 31.7 Å². The molecule has 4 nitrogen and oxygen atoms in total. The van der Waals surface area contributed by atoms with Crippen molar-refractivity contribution in [3.05, 3.63) is 30.3 Å². The zero-order valence-corrected chi connectivity index (χ0v) is 10.7. The van der Waals surface area contributed by atoms with Crippen LogP contribution in [0, 0.1) is 0 Å². The van der Waals surface area contributed by atoms with Crippen molar-refractivity contribution in [1.29, 1.82) is 0 Å². The summed E-state index contributed by atoms with van der Waals surface area (Å²) in [6.07, 6.45) is 2.16. The van der Waals surface area contributed by atoms with Gasteiger partial charge < -0.3 is 15.4 Å². The first-order valence-electron chi connectivity index (χ1n) is 6.38. The summed E-state index contributed by atoms with van der Waals surface area (Å²) in [6.45, 7) is 3.94. The van der Waals surface area contributed by atoms with Gasteiger partial charge in [0, 0.05) is 18.8 Å². The van der Waals surface area contributed by atoms with Crippen molar-refractivity contribution in [3.8, 4) is 0 Å². The number of carbonyl (C=O) groups is 1. The lowest BCUT2D eigenvalue weighted by atomic mass is 10.0. The fourth-order valence-electron chi connectivity index (χ4n) is 2.14. The number of benzene rings is 1. The minimum atomic E-state index is -0.104. The standard InChI is InChI=1S/C14H20N2O2/c1-14(8-5-9-18-14)11-15-10-13(17)16-12-6-3-2-4-7-12/h2-4,6-7,15H,5,8-11H2,1H3,(H,16,17). The van der Waals surface area contributed by atoms with Gasteiger partial charge in [0.2, 0.25) is 5.91 Å². The third-order valence-electron chi connectivity index (χ3n) is 3.14. The van der Waals surface area contributed by atoms with Crippen molar-refractivity contribution < 1.29 is 9.53 Å². The van der Waals surface area contributed by atoms with Gasteiger partial charge in [-0.3, -0.25) is 4.79 Å². The van der Waals surface area contributed by atoms with Gasteiger partial charge in [-0.25, -0.2) is 0 Å². The van der Waals surface area contributed by atoms with Gasteiger partial charge in [-0.1, -0.05) is 18.2 Å². The molecule has 1 aliphatic heterocycles. The van der Waals surface area contributed by atoms with Crippen LogP contribution in [0.15, 0.2) is 30.3 Å². The largest absolute Gasteiger partial charge is 0.374 e. The van der Waals surface area contributed by atoms with E-state index in [9.17, 15) is 4.79 Å². The summed E-state index contributed by atoms with van der Waals surface area (Å²) < 4.78 is 5.65. The number of amides is 1. The maximum Gasteiger partial charge on any atom is 0.238 e. The molecule has 1 fully saturated rings. The lowest BCUT2D eigenvalue weighted by molar-refractivity contribution is -0.115. The molecule has 0 bridgehead atoms.